The Hall–Kier alpha value is -2.03. The van der Waals surface area contributed by atoms with E-state index in [1.165, 1.54) is 4.68 Å². The molecule has 0 aliphatic rings. The highest BCUT2D eigenvalue weighted by Gasteiger charge is 2.20. The lowest BCUT2D eigenvalue weighted by atomic mass is 10.2. The molecule has 3 heterocycles. The first-order valence-electron chi connectivity index (χ1n) is 8.23. The van der Waals surface area contributed by atoms with E-state index in [9.17, 15) is 16.8 Å². The summed E-state index contributed by atoms with van der Waals surface area (Å²) in [5.41, 5.74) is 1.83. The van der Waals surface area contributed by atoms with Crippen molar-refractivity contribution in [3.8, 4) is 17.1 Å². The molecule has 29 heavy (non-hydrogen) atoms. The number of aryl methyl sites for hydroxylation is 1. The van der Waals surface area contributed by atoms with Crippen molar-refractivity contribution in [3.05, 3.63) is 22.9 Å². The van der Waals surface area contributed by atoms with E-state index in [1.807, 2.05) is 0 Å². The van der Waals surface area contributed by atoms with Crippen LogP contribution in [0.25, 0.3) is 22.3 Å². The standard InChI is InChI=1S/C15H18BrN5O6S2/c1-20-15(26-7-4-8-27-29(3,24)25)10(9-17-20)11-5-6-12-13(18-11)14(16)19-21(12)28(2,22)23/h5-6,9H,4,7-8H2,1-3H3. The third-order valence-electron chi connectivity index (χ3n) is 3.75. The highest BCUT2D eigenvalue weighted by atomic mass is 79.9. The Kier molecular flexibility index (Phi) is 5.98. The zero-order valence-electron chi connectivity index (χ0n) is 15.7. The van der Waals surface area contributed by atoms with E-state index in [1.54, 1.807) is 25.4 Å². The summed E-state index contributed by atoms with van der Waals surface area (Å²) >= 11 is 3.24. The summed E-state index contributed by atoms with van der Waals surface area (Å²) in [4.78, 5) is 4.50. The molecule has 14 heteroatoms. The van der Waals surface area contributed by atoms with Gasteiger partial charge < -0.3 is 4.74 Å². The van der Waals surface area contributed by atoms with Crippen LogP contribution in [0.5, 0.6) is 5.88 Å². The SMILES string of the molecule is Cn1ncc(-c2ccc3c(n2)c(Br)nn3S(C)(=O)=O)c1OCCCOS(C)(=O)=O. The molecule has 0 atom stereocenters. The van der Waals surface area contributed by atoms with Crippen LogP contribution in [0.4, 0.5) is 0 Å². The number of hydrogen-bond acceptors (Lipinski definition) is 9. The van der Waals surface area contributed by atoms with Crippen molar-refractivity contribution in [2.24, 2.45) is 7.05 Å². The largest absolute Gasteiger partial charge is 0.477 e. The normalized spacial score (nSPS) is 12.6. The molecule has 0 N–H and O–H groups in total. The fourth-order valence-corrected chi connectivity index (χ4v) is 4.26. The molecule has 11 nitrogen and oxygen atoms in total. The summed E-state index contributed by atoms with van der Waals surface area (Å²) in [6, 6.07) is 3.25. The lowest BCUT2D eigenvalue weighted by Crippen LogP contribution is -2.11. The van der Waals surface area contributed by atoms with Crippen molar-refractivity contribution >= 4 is 47.1 Å². The number of hydrogen-bond donors (Lipinski definition) is 0. The zero-order valence-corrected chi connectivity index (χ0v) is 19.0. The van der Waals surface area contributed by atoms with Gasteiger partial charge in [-0.25, -0.2) is 18.1 Å². The summed E-state index contributed by atoms with van der Waals surface area (Å²) in [5.74, 6) is 0.433. The van der Waals surface area contributed by atoms with Crippen molar-refractivity contribution in [1.29, 1.82) is 0 Å². The molecule has 3 aromatic heterocycles. The first kappa shape index (κ1) is 21.7. The second kappa shape index (κ2) is 8.01. The average Bonchev–Trinajstić information content (AvgIpc) is 3.14. The molecule has 0 fully saturated rings. The van der Waals surface area contributed by atoms with Gasteiger partial charge in [-0.1, -0.05) is 0 Å². The highest BCUT2D eigenvalue weighted by molar-refractivity contribution is 9.10. The summed E-state index contributed by atoms with van der Waals surface area (Å²) in [5, 5.41) is 8.16. The predicted molar refractivity (Wildman–Crippen MR) is 109 cm³/mol. The van der Waals surface area contributed by atoms with Gasteiger partial charge in [-0.05, 0) is 28.1 Å². The molecular weight excluding hydrogens is 490 g/mol. The molecule has 3 aromatic rings. The van der Waals surface area contributed by atoms with Gasteiger partial charge in [-0.2, -0.15) is 17.6 Å². The molecule has 0 radical (unpaired) electrons. The number of rotatable bonds is 8. The van der Waals surface area contributed by atoms with Gasteiger partial charge >= 0.3 is 0 Å². The number of aromatic nitrogens is 5. The van der Waals surface area contributed by atoms with Crippen molar-refractivity contribution in [1.82, 2.24) is 24.0 Å². The van der Waals surface area contributed by atoms with Crippen LogP contribution in [0.3, 0.4) is 0 Å². The van der Waals surface area contributed by atoms with Crippen LogP contribution in [-0.4, -0.2) is 66.5 Å². The first-order chi connectivity index (χ1) is 13.5. The van der Waals surface area contributed by atoms with Crippen LogP contribution < -0.4 is 4.74 Å². The number of pyridine rings is 1. The van der Waals surface area contributed by atoms with E-state index in [4.69, 9.17) is 4.74 Å². The molecule has 3 rings (SSSR count). The summed E-state index contributed by atoms with van der Waals surface area (Å²) in [6.45, 7) is 0.216. The lowest BCUT2D eigenvalue weighted by molar-refractivity contribution is 0.240. The number of halogens is 1. The topological polar surface area (TPSA) is 135 Å². The Morgan fingerprint density at radius 2 is 1.86 bits per heavy atom. The van der Waals surface area contributed by atoms with Crippen LogP contribution >= 0.6 is 15.9 Å². The monoisotopic (exact) mass is 507 g/mol. The lowest BCUT2D eigenvalue weighted by Gasteiger charge is -2.09. The maximum absolute atomic E-state index is 11.9. The van der Waals surface area contributed by atoms with Gasteiger partial charge in [0.1, 0.15) is 11.0 Å². The summed E-state index contributed by atoms with van der Waals surface area (Å²) < 4.78 is 58.9. The quantitative estimate of drug-likeness (QED) is 0.324. The van der Waals surface area contributed by atoms with Crippen LogP contribution in [0.1, 0.15) is 6.42 Å². The maximum Gasteiger partial charge on any atom is 0.264 e. The Labute approximate surface area is 175 Å². The summed E-state index contributed by atoms with van der Waals surface area (Å²) in [6.07, 6.45) is 3.97. The molecule has 0 unspecified atom stereocenters. The van der Waals surface area contributed by atoms with E-state index in [-0.39, 0.29) is 13.2 Å². The molecular formula is C15H18BrN5O6S2. The van der Waals surface area contributed by atoms with E-state index in [0.29, 0.717) is 39.2 Å². The number of ether oxygens (including phenoxy) is 1. The van der Waals surface area contributed by atoms with Crippen molar-refractivity contribution in [2.75, 3.05) is 25.7 Å². The second-order valence-electron chi connectivity index (χ2n) is 6.18. The molecule has 0 amide bonds. The van der Waals surface area contributed by atoms with E-state index in [0.717, 1.165) is 16.6 Å². The van der Waals surface area contributed by atoms with Gasteiger partial charge in [0, 0.05) is 13.5 Å². The van der Waals surface area contributed by atoms with Crippen LogP contribution in [0.2, 0.25) is 0 Å². The Morgan fingerprint density at radius 3 is 2.52 bits per heavy atom. The van der Waals surface area contributed by atoms with Gasteiger partial charge in [0.25, 0.3) is 20.1 Å². The fourth-order valence-electron chi connectivity index (χ4n) is 2.55. The Balaban J connectivity index is 1.86. The fraction of sp³-hybridized carbons (Fsp3) is 0.400. The third-order valence-corrected chi connectivity index (χ3v) is 5.79. The number of fused-ring (bicyclic) bond motifs is 1. The second-order valence-corrected chi connectivity index (χ2v) is 10.4. The molecule has 0 saturated carbocycles. The van der Waals surface area contributed by atoms with Gasteiger partial charge in [-0.15, -0.1) is 5.10 Å². The van der Waals surface area contributed by atoms with Crippen molar-refractivity contribution in [2.45, 2.75) is 6.42 Å². The molecule has 0 bridgehead atoms. The summed E-state index contributed by atoms with van der Waals surface area (Å²) in [7, 11) is -5.37. The minimum absolute atomic E-state index is 0.00779. The van der Waals surface area contributed by atoms with Gasteiger partial charge in [-0.3, -0.25) is 4.18 Å². The molecule has 0 spiro atoms. The smallest absolute Gasteiger partial charge is 0.264 e. The van der Waals surface area contributed by atoms with E-state index in [2.05, 4.69) is 35.3 Å². The van der Waals surface area contributed by atoms with E-state index >= 15 is 0 Å². The molecule has 158 valence electrons. The molecule has 0 saturated heterocycles. The van der Waals surface area contributed by atoms with Gasteiger partial charge in [0.2, 0.25) is 5.88 Å². The van der Waals surface area contributed by atoms with Crippen LogP contribution in [-0.2, 0) is 31.4 Å². The van der Waals surface area contributed by atoms with Crippen molar-refractivity contribution in [3.63, 3.8) is 0 Å². The zero-order chi connectivity index (χ0) is 21.4. The Morgan fingerprint density at radius 1 is 1.14 bits per heavy atom. The van der Waals surface area contributed by atoms with Gasteiger partial charge in [0.05, 0.1) is 43.2 Å². The third kappa shape index (κ3) is 4.94. The average molecular weight is 508 g/mol. The minimum Gasteiger partial charge on any atom is -0.477 e. The van der Waals surface area contributed by atoms with Crippen LogP contribution in [0.15, 0.2) is 22.9 Å². The van der Waals surface area contributed by atoms with Crippen LogP contribution in [0, 0.1) is 0 Å². The molecule has 0 aliphatic carbocycles. The number of nitrogens with zero attached hydrogens (tertiary/aromatic N) is 5. The van der Waals surface area contributed by atoms with E-state index < -0.39 is 20.1 Å². The van der Waals surface area contributed by atoms with Gasteiger partial charge in [0.15, 0.2) is 4.60 Å². The molecule has 0 aromatic carbocycles. The highest BCUT2D eigenvalue weighted by Crippen LogP contribution is 2.31. The predicted octanol–water partition coefficient (Wildman–Crippen LogP) is 1.15. The maximum atomic E-state index is 11.9. The minimum atomic E-state index is -3.58. The first-order valence-corrected chi connectivity index (χ1v) is 12.7. The Bertz CT molecular complexity index is 1270. The molecule has 0 aliphatic heterocycles. The van der Waals surface area contributed by atoms with Crippen molar-refractivity contribution < 1.29 is 25.8 Å².